The van der Waals surface area contributed by atoms with Crippen LogP contribution in [-0.2, 0) is 11.3 Å². The zero-order valence-electron chi connectivity index (χ0n) is 14.6. The molecule has 2 aliphatic heterocycles. The number of halogens is 1. The van der Waals surface area contributed by atoms with E-state index in [1.165, 1.54) is 17.6 Å². The minimum atomic E-state index is -0.229. The molecule has 1 aromatic carbocycles. The van der Waals surface area contributed by atoms with E-state index in [2.05, 4.69) is 14.5 Å². The number of aromatic nitrogens is 2. The van der Waals surface area contributed by atoms with Crippen LogP contribution in [0.15, 0.2) is 24.3 Å². The summed E-state index contributed by atoms with van der Waals surface area (Å²) in [6, 6.07) is 6.99. The first-order valence-corrected chi connectivity index (χ1v) is 9.56. The first kappa shape index (κ1) is 17.5. The van der Waals surface area contributed by atoms with Crippen molar-refractivity contribution in [3.63, 3.8) is 0 Å². The quantitative estimate of drug-likeness (QED) is 0.818. The summed E-state index contributed by atoms with van der Waals surface area (Å²) < 4.78 is 23.5. The smallest absolute Gasteiger partial charge is 0.275 e. The molecule has 0 bridgehead atoms. The highest BCUT2D eigenvalue weighted by Gasteiger charge is 2.38. The summed E-state index contributed by atoms with van der Waals surface area (Å²) >= 11 is 1.25. The Morgan fingerprint density at radius 3 is 2.96 bits per heavy atom. The molecule has 6 nitrogen and oxygen atoms in total. The fourth-order valence-electron chi connectivity index (χ4n) is 3.70. The molecule has 0 unspecified atom stereocenters. The van der Waals surface area contributed by atoms with E-state index in [0.717, 1.165) is 24.4 Å². The van der Waals surface area contributed by atoms with Crippen LogP contribution in [0.5, 0.6) is 0 Å². The molecule has 0 aliphatic carbocycles. The van der Waals surface area contributed by atoms with Gasteiger partial charge in [-0.15, -0.1) is 5.10 Å². The SMILES string of the molecule is Cc1snnc1C(=O)N1CCN2C[C@@H](OCc3ccccc3F)C[C@@H]2C1. The van der Waals surface area contributed by atoms with E-state index in [1.807, 2.05) is 17.9 Å². The van der Waals surface area contributed by atoms with Crippen molar-refractivity contribution in [2.24, 2.45) is 0 Å². The van der Waals surface area contributed by atoms with Crippen LogP contribution < -0.4 is 0 Å². The summed E-state index contributed by atoms with van der Waals surface area (Å²) in [6.45, 7) is 5.17. The molecule has 2 aromatic rings. The van der Waals surface area contributed by atoms with Gasteiger partial charge in [-0.3, -0.25) is 9.69 Å². The number of piperazine rings is 1. The minimum Gasteiger partial charge on any atom is -0.372 e. The second-order valence-corrected chi connectivity index (χ2v) is 7.80. The minimum absolute atomic E-state index is 0.0355. The average Bonchev–Trinajstić information content (AvgIpc) is 3.25. The highest BCUT2D eigenvalue weighted by Crippen LogP contribution is 2.26. The summed E-state index contributed by atoms with van der Waals surface area (Å²) in [5.41, 5.74) is 1.05. The van der Waals surface area contributed by atoms with Crippen LogP contribution in [0.1, 0.15) is 27.3 Å². The highest BCUT2D eigenvalue weighted by molar-refractivity contribution is 7.05. The van der Waals surface area contributed by atoms with E-state index in [4.69, 9.17) is 4.74 Å². The van der Waals surface area contributed by atoms with Crippen LogP contribution in [-0.4, -0.2) is 63.6 Å². The maximum atomic E-state index is 13.7. The molecular formula is C18H21FN4O2S. The zero-order chi connectivity index (χ0) is 18.1. The van der Waals surface area contributed by atoms with Gasteiger partial charge in [0.05, 0.1) is 17.6 Å². The van der Waals surface area contributed by atoms with Crippen LogP contribution in [0.25, 0.3) is 0 Å². The van der Waals surface area contributed by atoms with Crippen LogP contribution in [0.4, 0.5) is 4.39 Å². The Hall–Kier alpha value is -1.90. The normalized spacial score (nSPS) is 23.2. The van der Waals surface area contributed by atoms with Gasteiger partial charge in [0.15, 0.2) is 5.69 Å². The molecule has 4 rings (SSSR count). The molecule has 138 valence electrons. The maximum Gasteiger partial charge on any atom is 0.275 e. The number of aryl methyl sites for hydroxylation is 1. The number of benzene rings is 1. The van der Waals surface area contributed by atoms with Gasteiger partial charge >= 0.3 is 0 Å². The lowest BCUT2D eigenvalue weighted by Crippen LogP contribution is -2.52. The lowest BCUT2D eigenvalue weighted by molar-refractivity contribution is 0.0437. The monoisotopic (exact) mass is 376 g/mol. The van der Waals surface area contributed by atoms with E-state index in [1.54, 1.807) is 12.1 Å². The fourth-order valence-corrected chi connectivity index (χ4v) is 4.16. The number of hydrogen-bond donors (Lipinski definition) is 0. The molecule has 2 aliphatic rings. The number of ether oxygens (including phenoxy) is 1. The van der Waals surface area contributed by atoms with Crippen LogP contribution >= 0.6 is 11.5 Å². The van der Waals surface area contributed by atoms with Crippen molar-refractivity contribution in [3.8, 4) is 0 Å². The Morgan fingerprint density at radius 1 is 1.35 bits per heavy atom. The summed E-state index contributed by atoms with van der Waals surface area (Å²) in [5.74, 6) is -0.265. The van der Waals surface area contributed by atoms with Crippen molar-refractivity contribution in [1.82, 2.24) is 19.4 Å². The van der Waals surface area contributed by atoms with Gasteiger partial charge < -0.3 is 9.64 Å². The van der Waals surface area contributed by atoms with E-state index >= 15 is 0 Å². The molecule has 0 spiro atoms. The van der Waals surface area contributed by atoms with Crippen molar-refractivity contribution in [2.45, 2.75) is 32.1 Å². The van der Waals surface area contributed by atoms with Gasteiger partial charge in [0.1, 0.15) is 5.82 Å². The lowest BCUT2D eigenvalue weighted by atomic mass is 10.1. The molecule has 0 radical (unpaired) electrons. The topological polar surface area (TPSA) is 58.6 Å². The van der Waals surface area contributed by atoms with Gasteiger partial charge in [0.25, 0.3) is 5.91 Å². The average molecular weight is 376 g/mol. The summed E-state index contributed by atoms with van der Waals surface area (Å²) in [5, 5.41) is 3.97. The molecule has 3 heterocycles. The molecule has 2 fully saturated rings. The zero-order valence-corrected chi connectivity index (χ0v) is 15.4. The van der Waals surface area contributed by atoms with Crippen LogP contribution in [0, 0.1) is 12.7 Å². The number of carbonyl (C=O) groups excluding carboxylic acids is 1. The molecule has 2 atom stereocenters. The molecular weight excluding hydrogens is 355 g/mol. The number of carbonyl (C=O) groups is 1. The maximum absolute atomic E-state index is 13.7. The third-order valence-electron chi connectivity index (χ3n) is 5.15. The van der Waals surface area contributed by atoms with Crippen molar-refractivity contribution in [1.29, 1.82) is 0 Å². The van der Waals surface area contributed by atoms with Crippen molar-refractivity contribution in [2.75, 3.05) is 26.2 Å². The van der Waals surface area contributed by atoms with Crippen LogP contribution in [0.3, 0.4) is 0 Å². The van der Waals surface area contributed by atoms with E-state index in [0.29, 0.717) is 24.3 Å². The molecule has 2 saturated heterocycles. The van der Waals surface area contributed by atoms with E-state index < -0.39 is 0 Å². The lowest BCUT2D eigenvalue weighted by Gasteiger charge is -2.36. The fraction of sp³-hybridized carbons (Fsp3) is 0.500. The molecule has 8 heteroatoms. The van der Waals surface area contributed by atoms with Gasteiger partial charge in [-0.1, -0.05) is 22.7 Å². The van der Waals surface area contributed by atoms with Crippen molar-refractivity contribution >= 4 is 17.4 Å². The van der Waals surface area contributed by atoms with Gasteiger partial charge in [0.2, 0.25) is 0 Å². The Bertz CT molecular complexity index is 799. The van der Waals surface area contributed by atoms with Crippen molar-refractivity contribution in [3.05, 3.63) is 46.2 Å². The highest BCUT2D eigenvalue weighted by atomic mass is 32.1. The molecule has 0 saturated carbocycles. The largest absolute Gasteiger partial charge is 0.372 e. The molecule has 26 heavy (non-hydrogen) atoms. The predicted octanol–water partition coefficient (Wildman–Crippen LogP) is 2.10. The molecule has 1 aromatic heterocycles. The first-order valence-electron chi connectivity index (χ1n) is 8.79. The number of rotatable bonds is 4. The second-order valence-electron chi connectivity index (χ2n) is 6.84. The number of amides is 1. The van der Waals surface area contributed by atoms with Crippen molar-refractivity contribution < 1.29 is 13.9 Å². The number of hydrogen-bond acceptors (Lipinski definition) is 6. The predicted molar refractivity (Wildman–Crippen MR) is 95.5 cm³/mol. The molecule has 1 amide bonds. The summed E-state index contributed by atoms with van der Waals surface area (Å²) in [6.07, 6.45) is 0.921. The Morgan fingerprint density at radius 2 is 2.19 bits per heavy atom. The Kier molecular flexibility index (Phi) is 4.97. The van der Waals surface area contributed by atoms with Gasteiger partial charge in [-0.25, -0.2) is 4.39 Å². The first-order chi connectivity index (χ1) is 12.6. The summed E-state index contributed by atoms with van der Waals surface area (Å²) in [7, 11) is 0. The van der Waals surface area contributed by atoms with Gasteiger partial charge in [-0.2, -0.15) is 0 Å². The summed E-state index contributed by atoms with van der Waals surface area (Å²) in [4.78, 5) is 17.7. The van der Waals surface area contributed by atoms with Crippen LogP contribution in [0.2, 0.25) is 0 Å². The Balaban J connectivity index is 1.34. The van der Waals surface area contributed by atoms with Gasteiger partial charge in [0, 0.05) is 37.8 Å². The Labute approximate surface area is 155 Å². The second kappa shape index (κ2) is 7.38. The third-order valence-corrected chi connectivity index (χ3v) is 5.78. The number of fused-ring (bicyclic) bond motifs is 1. The van der Waals surface area contributed by atoms with E-state index in [9.17, 15) is 9.18 Å². The third kappa shape index (κ3) is 3.49. The standard InChI is InChI=1S/C18H21FN4O2S/c1-12-17(20-21-26-12)18(24)23-7-6-22-10-15(8-14(22)9-23)25-11-13-4-2-3-5-16(13)19/h2-5,14-15H,6-11H2,1H3/t14-,15+/m1/s1. The van der Waals surface area contributed by atoms with Gasteiger partial charge in [-0.05, 0) is 30.9 Å². The molecule has 0 N–H and O–H groups in total. The van der Waals surface area contributed by atoms with E-state index in [-0.39, 0.29) is 30.5 Å². The number of nitrogens with zero attached hydrogens (tertiary/aromatic N) is 4.